The lowest BCUT2D eigenvalue weighted by Crippen LogP contribution is -2.43. The summed E-state index contributed by atoms with van der Waals surface area (Å²) in [7, 11) is 0. The van der Waals surface area contributed by atoms with Crippen molar-refractivity contribution in [3.63, 3.8) is 0 Å². The van der Waals surface area contributed by atoms with Gasteiger partial charge in [0.2, 0.25) is 0 Å². The number of aromatic nitrogens is 6. The quantitative estimate of drug-likeness (QED) is 0.324. The largest absolute Gasteiger partial charge is 0.368 e. The van der Waals surface area contributed by atoms with Gasteiger partial charge in [0.15, 0.2) is 11.5 Å². The number of halogens is 1. The van der Waals surface area contributed by atoms with Crippen LogP contribution in [0.4, 0.5) is 15.8 Å². The lowest BCUT2D eigenvalue weighted by molar-refractivity contribution is 0.102. The molecule has 0 atom stereocenters. The third kappa shape index (κ3) is 4.34. The fourth-order valence-electron chi connectivity index (χ4n) is 5.59. The molecule has 5 aromatic rings. The van der Waals surface area contributed by atoms with Gasteiger partial charge in [-0.25, -0.2) is 9.37 Å². The lowest BCUT2D eigenvalue weighted by Gasteiger charge is -2.30. The number of carbonyl (C=O) groups is 1. The van der Waals surface area contributed by atoms with Crippen LogP contribution in [0.1, 0.15) is 33.7 Å². The summed E-state index contributed by atoms with van der Waals surface area (Å²) < 4.78 is 18.2. The number of H-pyrrole nitrogens is 1. The summed E-state index contributed by atoms with van der Waals surface area (Å²) in [4.78, 5) is 20.0. The number of piperazine rings is 1. The number of benzene rings is 1. The van der Waals surface area contributed by atoms with Crippen LogP contribution in [0.15, 0.2) is 48.6 Å². The van der Waals surface area contributed by atoms with Crippen LogP contribution in [0.25, 0.3) is 22.6 Å². The SMILES string of the molecule is Cc1cn2cc(NC(=O)c3ccc(N4CCNCC4)c4cn(CC5=Cc6cn[nH]c6CC5)nc34)cc(F)c2n1. The third-order valence-corrected chi connectivity index (χ3v) is 7.46. The number of carbonyl (C=O) groups excluding carboxylic acids is 1. The highest BCUT2D eigenvalue weighted by Gasteiger charge is 2.22. The average Bonchev–Trinajstić information content (AvgIpc) is 3.66. The van der Waals surface area contributed by atoms with Gasteiger partial charge in [0.1, 0.15) is 5.52 Å². The van der Waals surface area contributed by atoms with Gasteiger partial charge < -0.3 is 19.9 Å². The molecule has 7 rings (SSSR count). The summed E-state index contributed by atoms with van der Waals surface area (Å²) >= 11 is 0. The number of rotatable bonds is 5. The molecule has 5 heterocycles. The molecule has 0 unspecified atom stereocenters. The molecule has 11 heteroatoms. The fourth-order valence-corrected chi connectivity index (χ4v) is 5.59. The molecule has 1 amide bonds. The second-order valence-corrected chi connectivity index (χ2v) is 10.2. The predicted octanol–water partition coefficient (Wildman–Crippen LogP) is 3.55. The Morgan fingerprint density at radius 3 is 2.90 bits per heavy atom. The summed E-state index contributed by atoms with van der Waals surface area (Å²) in [6.07, 6.45) is 11.3. The summed E-state index contributed by atoms with van der Waals surface area (Å²) in [5.41, 5.74) is 6.94. The molecule has 4 aromatic heterocycles. The molecule has 39 heavy (non-hydrogen) atoms. The molecule has 1 aliphatic carbocycles. The van der Waals surface area contributed by atoms with Crippen molar-refractivity contribution in [2.45, 2.75) is 26.3 Å². The van der Waals surface area contributed by atoms with Gasteiger partial charge in [0.05, 0.1) is 29.7 Å². The minimum atomic E-state index is -0.495. The van der Waals surface area contributed by atoms with Crippen molar-refractivity contribution < 1.29 is 9.18 Å². The van der Waals surface area contributed by atoms with Crippen LogP contribution in [0.5, 0.6) is 0 Å². The van der Waals surface area contributed by atoms with Crippen LogP contribution >= 0.6 is 0 Å². The highest BCUT2D eigenvalue weighted by Crippen LogP contribution is 2.31. The van der Waals surface area contributed by atoms with Crippen molar-refractivity contribution in [1.29, 1.82) is 0 Å². The normalized spacial score (nSPS) is 15.5. The molecule has 1 fully saturated rings. The molecule has 0 saturated carbocycles. The Kier molecular flexibility index (Phi) is 5.66. The minimum absolute atomic E-state index is 0.228. The molecular weight excluding hydrogens is 497 g/mol. The molecule has 198 valence electrons. The van der Waals surface area contributed by atoms with Crippen LogP contribution in [0, 0.1) is 12.7 Å². The Bertz CT molecular complexity index is 1760. The van der Waals surface area contributed by atoms with E-state index in [9.17, 15) is 9.18 Å². The maximum absolute atomic E-state index is 14.7. The van der Waals surface area contributed by atoms with E-state index < -0.39 is 5.82 Å². The number of aryl methyl sites for hydroxylation is 2. The van der Waals surface area contributed by atoms with Crippen molar-refractivity contribution in [1.82, 2.24) is 34.7 Å². The number of nitrogens with zero attached hydrogens (tertiary/aromatic N) is 6. The summed E-state index contributed by atoms with van der Waals surface area (Å²) in [5, 5.41) is 19.3. The van der Waals surface area contributed by atoms with Crippen molar-refractivity contribution in [3.8, 4) is 0 Å². The van der Waals surface area contributed by atoms with Gasteiger partial charge in [-0.15, -0.1) is 0 Å². The van der Waals surface area contributed by atoms with E-state index >= 15 is 0 Å². The number of hydrogen-bond acceptors (Lipinski definition) is 6. The zero-order valence-electron chi connectivity index (χ0n) is 21.5. The van der Waals surface area contributed by atoms with Gasteiger partial charge in [0, 0.05) is 73.2 Å². The van der Waals surface area contributed by atoms with Gasteiger partial charge in [-0.1, -0.05) is 6.08 Å². The molecule has 1 aliphatic heterocycles. The van der Waals surface area contributed by atoms with Crippen molar-refractivity contribution in [2.75, 3.05) is 36.4 Å². The molecule has 0 spiro atoms. The Hall–Kier alpha value is -4.51. The van der Waals surface area contributed by atoms with E-state index in [-0.39, 0.29) is 11.6 Å². The number of allylic oxidation sites excluding steroid dienone is 1. The maximum Gasteiger partial charge on any atom is 0.257 e. The van der Waals surface area contributed by atoms with Crippen molar-refractivity contribution in [2.24, 2.45) is 0 Å². The Balaban J connectivity index is 1.25. The molecule has 1 aromatic carbocycles. The molecular formula is C28H28FN9O. The number of hydrogen-bond donors (Lipinski definition) is 3. The monoisotopic (exact) mass is 525 g/mol. The topological polar surface area (TPSA) is 108 Å². The Labute approximate surface area is 223 Å². The second kappa shape index (κ2) is 9.35. The fraction of sp³-hybridized carbons (Fsp3) is 0.286. The van der Waals surface area contributed by atoms with E-state index in [0.717, 1.165) is 61.4 Å². The number of nitrogens with one attached hydrogen (secondary N) is 3. The molecule has 2 aliphatic rings. The summed E-state index contributed by atoms with van der Waals surface area (Å²) in [6.45, 7) is 5.99. The van der Waals surface area contributed by atoms with Gasteiger partial charge in [-0.05, 0) is 37.5 Å². The lowest BCUT2D eigenvalue weighted by atomic mass is 9.98. The first-order valence-electron chi connectivity index (χ1n) is 13.2. The van der Waals surface area contributed by atoms with E-state index in [4.69, 9.17) is 5.10 Å². The second-order valence-electron chi connectivity index (χ2n) is 10.2. The molecule has 0 bridgehead atoms. The standard InChI is InChI=1S/C28H28FN9O/c1-17-13-37-15-20(11-23(29)27(37)32-17)33-28(39)21-3-5-25(36-8-6-30-7-9-36)22-16-38(35-26(21)22)14-18-2-4-24-19(10-18)12-31-34-24/h3,5,10-13,15-16,30H,2,4,6-9,14H2,1H3,(H,31,34)(H,33,39). The zero-order chi connectivity index (χ0) is 26.5. The first kappa shape index (κ1) is 23.6. The average molecular weight is 526 g/mol. The number of aromatic amines is 1. The first-order chi connectivity index (χ1) is 19.0. The van der Waals surface area contributed by atoms with Crippen LogP contribution in [0.2, 0.25) is 0 Å². The zero-order valence-corrected chi connectivity index (χ0v) is 21.5. The van der Waals surface area contributed by atoms with Gasteiger partial charge in [0.25, 0.3) is 5.91 Å². The Morgan fingerprint density at radius 2 is 2.03 bits per heavy atom. The van der Waals surface area contributed by atoms with E-state index in [1.807, 2.05) is 29.2 Å². The van der Waals surface area contributed by atoms with Crippen LogP contribution in [0.3, 0.4) is 0 Å². The van der Waals surface area contributed by atoms with Crippen LogP contribution in [-0.2, 0) is 13.0 Å². The van der Waals surface area contributed by atoms with E-state index in [1.54, 1.807) is 23.7 Å². The van der Waals surface area contributed by atoms with Gasteiger partial charge >= 0.3 is 0 Å². The number of imidazole rings is 1. The van der Waals surface area contributed by atoms with E-state index in [2.05, 4.69) is 36.8 Å². The molecule has 10 nitrogen and oxygen atoms in total. The number of fused-ring (bicyclic) bond motifs is 3. The summed E-state index contributed by atoms with van der Waals surface area (Å²) in [6, 6.07) is 5.11. The predicted molar refractivity (Wildman–Crippen MR) is 148 cm³/mol. The number of amides is 1. The number of anilines is 2. The van der Waals surface area contributed by atoms with E-state index in [1.165, 1.54) is 11.6 Å². The van der Waals surface area contributed by atoms with Crippen molar-refractivity contribution in [3.05, 3.63) is 76.9 Å². The van der Waals surface area contributed by atoms with E-state index in [0.29, 0.717) is 29.0 Å². The minimum Gasteiger partial charge on any atom is -0.368 e. The smallest absolute Gasteiger partial charge is 0.257 e. The van der Waals surface area contributed by atoms with Crippen LogP contribution in [-0.4, -0.2) is 61.4 Å². The third-order valence-electron chi connectivity index (χ3n) is 7.46. The highest BCUT2D eigenvalue weighted by atomic mass is 19.1. The van der Waals surface area contributed by atoms with Crippen LogP contribution < -0.4 is 15.5 Å². The maximum atomic E-state index is 14.7. The molecule has 0 radical (unpaired) electrons. The summed E-state index contributed by atoms with van der Waals surface area (Å²) in [5.74, 6) is -0.835. The molecule has 3 N–H and O–H groups in total. The van der Waals surface area contributed by atoms with Gasteiger partial charge in [-0.3, -0.25) is 14.6 Å². The van der Waals surface area contributed by atoms with Gasteiger partial charge in [-0.2, -0.15) is 10.2 Å². The first-order valence-corrected chi connectivity index (χ1v) is 13.2. The van der Waals surface area contributed by atoms with Crippen molar-refractivity contribution >= 4 is 39.9 Å². The molecule has 1 saturated heterocycles. The number of pyridine rings is 1. The Morgan fingerprint density at radius 1 is 1.15 bits per heavy atom. The highest BCUT2D eigenvalue weighted by molar-refractivity contribution is 6.14.